The Bertz CT molecular complexity index is 2620. The highest BCUT2D eigenvalue weighted by Gasteiger charge is 2.39. The monoisotopic (exact) mass is 862 g/mol. The van der Waals surface area contributed by atoms with Crippen LogP contribution >= 0.6 is 23.2 Å². The van der Waals surface area contributed by atoms with E-state index in [9.17, 15) is 19.5 Å². The average Bonchev–Trinajstić information content (AvgIpc) is 3.70. The third kappa shape index (κ3) is 9.28. The number of carboxylic acids is 1. The first-order valence-corrected chi connectivity index (χ1v) is 20.2. The van der Waals surface area contributed by atoms with Crippen molar-refractivity contribution in [3.8, 4) is 28.7 Å². The highest BCUT2D eigenvalue weighted by molar-refractivity contribution is 6.42. The molecule has 61 heavy (non-hydrogen) atoms. The van der Waals surface area contributed by atoms with Gasteiger partial charge in [-0.2, -0.15) is 0 Å². The van der Waals surface area contributed by atoms with Crippen LogP contribution < -0.4 is 24.3 Å². The maximum Gasteiger partial charge on any atom is 0.326 e. The fraction of sp³-hybridized carbons (Fsp3) is 0.239. The lowest BCUT2D eigenvalue weighted by atomic mass is 9.91. The lowest BCUT2D eigenvalue weighted by Crippen LogP contribution is -2.56. The first kappa shape index (κ1) is 41.2. The number of benzene rings is 4. The van der Waals surface area contributed by atoms with Crippen molar-refractivity contribution < 1.29 is 42.9 Å². The number of carbonyl (C=O) groups is 3. The minimum absolute atomic E-state index is 0.0111. The standard InChI is InChI=1S/C46H40Cl2N4O9/c1-25-26(2)49-15-14-40(25)60-34-9-4-28(5-10-34)17-37(46(55)56)51-44(53)39-18-31-19-41-42(20-32(31)21-52(39)45(54)38-23-57-27(3)50-38)61-43(24-59-41)30-7-11-33(12-8-30)58-22-29-6-13-35(47)36(48)16-29/h4-16,19-20,23,37,39,43H,17-18,21-22,24H2,1-3H3,(H,51,53)(H,55,56)/t37?,39-,43+/m0/s1. The van der Waals surface area contributed by atoms with Gasteiger partial charge in [-0.15, -0.1) is 0 Å². The molecule has 0 spiro atoms. The van der Waals surface area contributed by atoms with E-state index >= 15 is 0 Å². The number of nitrogens with zero attached hydrogens (tertiary/aromatic N) is 3. The fourth-order valence-corrected chi connectivity index (χ4v) is 7.52. The lowest BCUT2D eigenvalue weighted by molar-refractivity contribution is -0.142. The van der Waals surface area contributed by atoms with Gasteiger partial charge in [-0.05, 0) is 96.3 Å². The quantitative estimate of drug-likeness (QED) is 0.121. The normalized spacial score (nSPS) is 16.0. The Labute approximate surface area is 361 Å². The zero-order chi connectivity index (χ0) is 42.8. The zero-order valence-electron chi connectivity index (χ0n) is 33.3. The second kappa shape index (κ2) is 17.6. The number of ether oxygens (including phenoxy) is 4. The molecule has 0 saturated carbocycles. The van der Waals surface area contributed by atoms with Gasteiger partial charge in [0.25, 0.3) is 5.91 Å². The predicted molar refractivity (Wildman–Crippen MR) is 225 cm³/mol. The Kier molecular flexibility index (Phi) is 11.9. The van der Waals surface area contributed by atoms with Crippen LogP contribution in [0.4, 0.5) is 0 Å². The van der Waals surface area contributed by atoms with Gasteiger partial charge in [0.2, 0.25) is 5.91 Å². The number of aromatic nitrogens is 2. The molecule has 4 aromatic carbocycles. The van der Waals surface area contributed by atoms with Gasteiger partial charge in [0, 0.05) is 43.8 Å². The van der Waals surface area contributed by atoms with Gasteiger partial charge in [0.1, 0.15) is 48.8 Å². The zero-order valence-corrected chi connectivity index (χ0v) is 34.8. The Morgan fingerprint density at radius 3 is 2.36 bits per heavy atom. The number of halogens is 2. The summed E-state index contributed by atoms with van der Waals surface area (Å²) in [5.74, 6) is 0.755. The number of pyridine rings is 1. The molecule has 0 saturated heterocycles. The maximum atomic E-state index is 14.1. The van der Waals surface area contributed by atoms with Gasteiger partial charge in [-0.1, -0.05) is 53.5 Å². The Morgan fingerprint density at radius 2 is 1.64 bits per heavy atom. The van der Waals surface area contributed by atoms with E-state index in [2.05, 4.69) is 15.3 Å². The molecule has 312 valence electrons. The minimum atomic E-state index is -1.29. The van der Waals surface area contributed by atoms with Gasteiger partial charge in [0.15, 0.2) is 29.2 Å². The molecule has 8 rings (SSSR count). The van der Waals surface area contributed by atoms with E-state index in [1.165, 1.54) is 11.2 Å². The number of aryl methyl sites for hydroxylation is 2. The van der Waals surface area contributed by atoms with E-state index in [0.29, 0.717) is 51.0 Å². The maximum absolute atomic E-state index is 14.1. The molecule has 13 nitrogen and oxygen atoms in total. The van der Waals surface area contributed by atoms with Crippen LogP contribution in [0.1, 0.15) is 61.6 Å². The molecule has 2 aliphatic heterocycles. The minimum Gasteiger partial charge on any atom is -0.489 e. The van der Waals surface area contributed by atoms with Crippen LogP contribution in [0, 0.1) is 20.8 Å². The molecule has 2 aliphatic rings. The Balaban J connectivity index is 0.966. The molecular weight excluding hydrogens is 823 g/mol. The molecule has 4 heterocycles. The van der Waals surface area contributed by atoms with Crippen molar-refractivity contribution in [2.45, 2.75) is 65.0 Å². The molecule has 3 atom stereocenters. The SMILES string of the molecule is Cc1nc(C(=O)N2Cc3cc4c(cc3C[C@H]2C(=O)NC(Cc2ccc(Oc3ccnc(C)c3C)cc2)C(=O)O)OC[C@H](c2ccc(OCc3ccc(Cl)c(Cl)c3)cc2)O4)co1. The van der Waals surface area contributed by atoms with Gasteiger partial charge in [-0.25, -0.2) is 9.78 Å². The number of hydrogen-bond donors (Lipinski definition) is 2. The van der Waals surface area contributed by atoms with Gasteiger partial charge >= 0.3 is 5.97 Å². The van der Waals surface area contributed by atoms with E-state index in [1.807, 2.05) is 56.3 Å². The smallest absolute Gasteiger partial charge is 0.326 e. The third-order valence-corrected chi connectivity index (χ3v) is 11.4. The highest BCUT2D eigenvalue weighted by Crippen LogP contribution is 2.41. The summed E-state index contributed by atoms with van der Waals surface area (Å²) in [6, 6.07) is 22.9. The predicted octanol–water partition coefficient (Wildman–Crippen LogP) is 8.56. The van der Waals surface area contributed by atoms with Crippen LogP contribution in [0.15, 0.2) is 102 Å². The third-order valence-electron chi connectivity index (χ3n) is 10.7. The molecule has 2 aromatic heterocycles. The largest absolute Gasteiger partial charge is 0.489 e. The fourth-order valence-electron chi connectivity index (χ4n) is 7.20. The summed E-state index contributed by atoms with van der Waals surface area (Å²) in [6.45, 7) is 5.99. The number of hydrogen-bond acceptors (Lipinski definition) is 10. The van der Waals surface area contributed by atoms with Crippen molar-refractivity contribution in [1.82, 2.24) is 20.2 Å². The summed E-state index contributed by atoms with van der Waals surface area (Å²) in [4.78, 5) is 50.5. The summed E-state index contributed by atoms with van der Waals surface area (Å²) in [5.41, 5.74) is 5.69. The number of rotatable bonds is 12. The van der Waals surface area contributed by atoms with Gasteiger partial charge in [0.05, 0.1) is 10.0 Å². The molecule has 0 bridgehead atoms. The second-order valence-electron chi connectivity index (χ2n) is 14.9. The number of oxazole rings is 1. The van der Waals surface area contributed by atoms with Crippen LogP contribution in [-0.4, -0.2) is 56.4 Å². The molecule has 0 radical (unpaired) electrons. The summed E-state index contributed by atoms with van der Waals surface area (Å²) >= 11 is 12.2. The van der Waals surface area contributed by atoms with Crippen molar-refractivity contribution in [2.75, 3.05) is 6.61 Å². The van der Waals surface area contributed by atoms with E-state index in [0.717, 1.165) is 33.5 Å². The van der Waals surface area contributed by atoms with E-state index in [-0.39, 0.29) is 37.6 Å². The first-order valence-electron chi connectivity index (χ1n) is 19.5. The first-order chi connectivity index (χ1) is 29.4. The lowest BCUT2D eigenvalue weighted by Gasteiger charge is -2.37. The van der Waals surface area contributed by atoms with Crippen LogP contribution in [0.3, 0.4) is 0 Å². The number of carbonyl (C=O) groups excluding carboxylic acids is 2. The number of carboxylic acid groups (broad SMARTS) is 1. The van der Waals surface area contributed by atoms with Crippen molar-refractivity contribution in [1.29, 1.82) is 0 Å². The van der Waals surface area contributed by atoms with Crippen molar-refractivity contribution in [3.63, 3.8) is 0 Å². The van der Waals surface area contributed by atoms with E-state index in [1.54, 1.807) is 55.6 Å². The molecular formula is C46H40Cl2N4O9. The number of fused-ring (bicyclic) bond motifs is 2. The summed E-state index contributed by atoms with van der Waals surface area (Å²) in [5, 5.41) is 13.9. The Hall–Kier alpha value is -6.57. The molecule has 2 N–H and O–H groups in total. The highest BCUT2D eigenvalue weighted by atomic mass is 35.5. The van der Waals surface area contributed by atoms with Crippen molar-refractivity contribution in [3.05, 3.63) is 158 Å². The molecule has 2 amide bonds. The number of amides is 2. The van der Waals surface area contributed by atoms with Crippen molar-refractivity contribution >= 4 is 41.0 Å². The molecule has 1 unspecified atom stereocenters. The number of aliphatic carboxylic acids is 1. The van der Waals surface area contributed by atoms with E-state index in [4.69, 9.17) is 46.6 Å². The van der Waals surface area contributed by atoms with Crippen molar-refractivity contribution in [2.24, 2.45) is 0 Å². The van der Waals surface area contributed by atoms with Gasteiger partial charge in [-0.3, -0.25) is 14.6 Å². The summed E-state index contributed by atoms with van der Waals surface area (Å²) in [6.07, 6.45) is 2.55. The average molecular weight is 864 g/mol. The summed E-state index contributed by atoms with van der Waals surface area (Å²) < 4.78 is 29.9. The molecule has 0 aliphatic carbocycles. The van der Waals surface area contributed by atoms with Crippen LogP contribution in [-0.2, 0) is 35.6 Å². The van der Waals surface area contributed by atoms with Crippen LogP contribution in [0.25, 0.3) is 0 Å². The van der Waals surface area contributed by atoms with E-state index < -0.39 is 36.0 Å². The second-order valence-corrected chi connectivity index (χ2v) is 15.7. The van der Waals surface area contributed by atoms with Crippen LogP contribution in [0.2, 0.25) is 10.0 Å². The Morgan fingerprint density at radius 1 is 0.902 bits per heavy atom. The van der Waals surface area contributed by atoms with Gasteiger partial charge < -0.3 is 38.7 Å². The molecule has 0 fully saturated rings. The summed E-state index contributed by atoms with van der Waals surface area (Å²) in [7, 11) is 0. The molecule has 6 aromatic rings. The molecule has 15 heteroatoms. The number of nitrogens with one attached hydrogen (secondary N) is 1. The topological polar surface area (TPSA) is 163 Å². The van der Waals surface area contributed by atoms with Crippen LogP contribution in [0.5, 0.6) is 28.7 Å².